The average molecular weight is 451 g/mol. The van der Waals surface area contributed by atoms with E-state index in [-0.39, 0.29) is 30.8 Å². The molecule has 32 heavy (non-hydrogen) atoms. The molecule has 1 saturated heterocycles. The van der Waals surface area contributed by atoms with Crippen molar-refractivity contribution in [1.29, 1.82) is 0 Å². The molecule has 1 fully saturated rings. The van der Waals surface area contributed by atoms with E-state index in [1.165, 1.54) is 14.0 Å². The van der Waals surface area contributed by atoms with Crippen molar-refractivity contribution in [2.24, 2.45) is 17.8 Å². The highest BCUT2D eigenvalue weighted by molar-refractivity contribution is 5.92. The maximum absolute atomic E-state index is 13.8. The lowest BCUT2D eigenvalue weighted by Crippen LogP contribution is -2.48. The van der Waals surface area contributed by atoms with E-state index in [2.05, 4.69) is 5.32 Å². The van der Waals surface area contributed by atoms with Crippen LogP contribution in [0.25, 0.3) is 0 Å². The van der Waals surface area contributed by atoms with Gasteiger partial charge in [-0.25, -0.2) is 5.48 Å². The van der Waals surface area contributed by atoms with Crippen LogP contribution in [0, 0.1) is 17.8 Å². The summed E-state index contributed by atoms with van der Waals surface area (Å²) < 4.78 is 16.6. The van der Waals surface area contributed by atoms with E-state index >= 15 is 0 Å². The number of hydrogen-bond acceptors (Lipinski definition) is 7. The van der Waals surface area contributed by atoms with Gasteiger partial charge in [0.15, 0.2) is 12.1 Å². The highest BCUT2D eigenvalue weighted by atomic mass is 16.7. The first-order valence-electron chi connectivity index (χ1n) is 10.8. The van der Waals surface area contributed by atoms with Crippen LogP contribution < -0.4 is 10.8 Å². The van der Waals surface area contributed by atoms with E-state index in [4.69, 9.17) is 14.2 Å². The van der Waals surface area contributed by atoms with E-state index in [0.29, 0.717) is 12.8 Å². The third-order valence-electron chi connectivity index (χ3n) is 5.44. The molecule has 0 radical (unpaired) electrons. The van der Waals surface area contributed by atoms with Gasteiger partial charge in [-0.15, -0.1) is 0 Å². The van der Waals surface area contributed by atoms with Gasteiger partial charge in [-0.3, -0.25) is 19.6 Å². The summed E-state index contributed by atoms with van der Waals surface area (Å²) in [5.74, 6) is -2.53. The van der Waals surface area contributed by atoms with Crippen LogP contribution in [0.2, 0.25) is 0 Å². The first-order chi connectivity index (χ1) is 15.3. The summed E-state index contributed by atoms with van der Waals surface area (Å²) in [4.78, 5) is 38.0. The molecule has 9 heteroatoms. The van der Waals surface area contributed by atoms with Crippen molar-refractivity contribution in [1.82, 2.24) is 10.8 Å². The fourth-order valence-electron chi connectivity index (χ4n) is 4.14. The smallest absolute Gasteiger partial charge is 0.272 e. The molecule has 3 N–H and O–H groups in total. The number of rotatable bonds is 12. The van der Waals surface area contributed by atoms with Gasteiger partial charge in [0.25, 0.3) is 5.91 Å². The summed E-state index contributed by atoms with van der Waals surface area (Å²) in [6.45, 7) is 5.76. The minimum Gasteiger partial charge on any atom is -0.382 e. The lowest BCUT2D eigenvalue weighted by atomic mass is 9.78. The van der Waals surface area contributed by atoms with Crippen LogP contribution in [0.15, 0.2) is 30.3 Å². The number of carbonyl (C=O) groups excluding carboxylic acids is 3. The van der Waals surface area contributed by atoms with Crippen molar-refractivity contribution in [2.45, 2.75) is 52.0 Å². The maximum atomic E-state index is 13.8. The van der Waals surface area contributed by atoms with Gasteiger partial charge in [0.05, 0.1) is 25.2 Å². The lowest BCUT2D eigenvalue weighted by Gasteiger charge is -2.28. The number of ketones is 1. The van der Waals surface area contributed by atoms with Crippen LogP contribution in [0.4, 0.5) is 0 Å². The number of hydrogen-bond donors (Lipinski definition) is 3. The molecular formula is C23H34N2O7. The largest absolute Gasteiger partial charge is 0.382 e. The molecule has 0 spiro atoms. The number of Topliss-reactive ketones (excluding diaryl/α,β-unsaturated/α-hetero) is 1. The standard InChI is InChI=1S/C23H34N2O7/c1-14(2)12-17-19(23(31-11-10-30-4)32-21(17)22(28)25-29)20(27)18(24-15(3)26)13-16-8-6-5-7-9-16/h5-9,14,17-19,21,23,29H,10-13H2,1-4H3,(H,24,26)(H,25,28)/t17-,18-,19+,21-,23+/m0/s1. The minimum absolute atomic E-state index is 0.152. The Morgan fingerprint density at radius 3 is 2.41 bits per heavy atom. The number of amides is 2. The lowest BCUT2D eigenvalue weighted by molar-refractivity contribution is -0.174. The third kappa shape index (κ3) is 7.09. The molecule has 0 saturated carbocycles. The summed E-state index contributed by atoms with van der Waals surface area (Å²) in [6.07, 6.45) is -1.27. The van der Waals surface area contributed by atoms with Crippen LogP contribution in [0.5, 0.6) is 0 Å². The fraction of sp³-hybridized carbons (Fsp3) is 0.609. The Bertz CT molecular complexity index is 756. The van der Waals surface area contributed by atoms with E-state index in [9.17, 15) is 19.6 Å². The Kier molecular flexibility index (Phi) is 10.2. The maximum Gasteiger partial charge on any atom is 0.272 e. The Labute approximate surface area is 188 Å². The predicted molar refractivity (Wildman–Crippen MR) is 116 cm³/mol. The molecule has 2 amide bonds. The third-order valence-corrected chi connectivity index (χ3v) is 5.44. The van der Waals surface area contributed by atoms with Gasteiger partial charge in [-0.2, -0.15) is 0 Å². The number of carbonyl (C=O) groups is 3. The van der Waals surface area contributed by atoms with Crippen molar-refractivity contribution in [2.75, 3.05) is 20.3 Å². The SMILES string of the molecule is COCCO[C@@H]1O[C@H](C(=O)NO)[C@@H](CC(C)C)[C@@H]1C(=O)[C@H](Cc1ccccc1)NC(C)=O. The van der Waals surface area contributed by atoms with Crippen molar-refractivity contribution in [3.8, 4) is 0 Å². The minimum atomic E-state index is -1.06. The molecule has 1 aliphatic heterocycles. The molecule has 1 heterocycles. The Morgan fingerprint density at radius 2 is 1.84 bits per heavy atom. The second-order valence-corrected chi connectivity index (χ2v) is 8.43. The van der Waals surface area contributed by atoms with Gasteiger partial charge < -0.3 is 19.5 Å². The number of benzene rings is 1. The number of ether oxygens (including phenoxy) is 3. The number of hydroxylamine groups is 1. The second-order valence-electron chi connectivity index (χ2n) is 8.43. The van der Waals surface area contributed by atoms with E-state index in [1.807, 2.05) is 44.2 Å². The van der Waals surface area contributed by atoms with Gasteiger partial charge in [-0.1, -0.05) is 44.2 Å². The Hall–Kier alpha value is -2.33. The topological polar surface area (TPSA) is 123 Å². The first kappa shape index (κ1) is 25.9. The zero-order valence-corrected chi connectivity index (χ0v) is 19.1. The molecule has 1 aromatic carbocycles. The molecule has 0 bridgehead atoms. The summed E-state index contributed by atoms with van der Waals surface area (Å²) >= 11 is 0. The van der Waals surface area contributed by atoms with Gasteiger partial charge >= 0.3 is 0 Å². The van der Waals surface area contributed by atoms with Crippen LogP contribution in [0.3, 0.4) is 0 Å². The molecule has 9 nitrogen and oxygen atoms in total. The zero-order chi connectivity index (χ0) is 23.7. The van der Waals surface area contributed by atoms with Crippen molar-refractivity contribution in [3.05, 3.63) is 35.9 Å². The number of nitrogens with one attached hydrogen (secondary N) is 2. The van der Waals surface area contributed by atoms with E-state index < -0.39 is 36.2 Å². The highest BCUT2D eigenvalue weighted by Crippen LogP contribution is 2.39. The van der Waals surface area contributed by atoms with Crippen LogP contribution in [0.1, 0.15) is 32.8 Å². The van der Waals surface area contributed by atoms with Gasteiger partial charge in [0.2, 0.25) is 5.91 Å². The Morgan fingerprint density at radius 1 is 1.16 bits per heavy atom. The van der Waals surface area contributed by atoms with E-state index in [1.54, 1.807) is 5.48 Å². The van der Waals surface area contributed by atoms with Crippen molar-refractivity contribution >= 4 is 17.6 Å². The highest BCUT2D eigenvalue weighted by Gasteiger charge is 2.52. The molecule has 0 unspecified atom stereocenters. The molecule has 0 aromatic heterocycles. The molecule has 1 aliphatic rings. The summed E-state index contributed by atoms with van der Waals surface area (Å²) in [7, 11) is 1.53. The molecule has 178 valence electrons. The average Bonchev–Trinajstić information content (AvgIpc) is 3.10. The molecule has 0 aliphatic carbocycles. The molecule has 1 aromatic rings. The van der Waals surface area contributed by atoms with Crippen LogP contribution >= 0.6 is 0 Å². The van der Waals surface area contributed by atoms with Gasteiger partial charge in [0, 0.05) is 20.0 Å². The van der Waals surface area contributed by atoms with Crippen molar-refractivity contribution in [3.63, 3.8) is 0 Å². The summed E-state index contributed by atoms with van der Waals surface area (Å²) in [6, 6.07) is 8.55. The molecular weight excluding hydrogens is 416 g/mol. The van der Waals surface area contributed by atoms with Crippen LogP contribution in [-0.4, -0.2) is 61.6 Å². The number of methoxy groups -OCH3 is 1. The summed E-state index contributed by atoms with van der Waals surface area (Å²) in [5.41, 5.74) is 2.52. The normalized spacial score (nSPS) is 23.7. The fourth-order valence-corrected chi connectivity index (χ4v) is 4.14. The summed E-state index contributed by atoms with van der Waals surface area (Å²) in [5, 5.41) is 12.0. The molecule has 2 rings (SSSR count). The van der Waals surface area contributed by atoms with Crippen LogP contribution in [-0.2, 0) is 35.0 Å². The zero-order valence-electron chi connectivity index (χ0n) is 19.1. The van der Waals surface area contributed by atoms with Gasteiger partial charge in [-0.05, 0) is 24.3 Å². The van der Waals surface area contributed by atoms with Gasteiger partial charge in [0.1, 0.15) is 6.10 Å². The monoisotopic (exact) mass is 450 g/mol. The Balaban J connectivity index is 2.38. The predicted octanol–water partition coefficient (Wildman–Crippen LogP) is 1.47. The van der Waals surface area contributed by atoms with E-state index in [0.717, 1.165) is 5.56 Å². The van der Waals surface area contributed by atoms with Crippen molar-refractivity contribution < 1.29 is 33.8 Å². The second kappa shape index (κ2) is 12.6. The quantitative estimate of drug-likeness (QED) is 0.250. The molecule has 5 atom stereocenters. The first-order valence-corrected chi connectivity index (χ1v) is 10.8.